The molecule has 0 fully saturated rings. The number of hydrogen-bond donors (Lipinski definition) is 1. The maximum atomic E-state index is 11.2. The molecule has 3 aromatic rings. The van der Waals surface area contributed by atoms with Crippen LogP contribution in [0.25, 0.3) is 11.0 Å². The lowest BCUT2D eigenvalue weighted by molar-refractivity contribution is 0.0699. The van der Waals surface area contributed by atoms with Crippen molar-refractivity contribution in [2.45, 2.75) is 26.4 Å². The summed E-state index contributed by atoms with van der Waals surface area (Å²) < 4.78 is 4.09. The molecular weight excluding hydrogens is 268 g/mol. The SMILES string of the molecule is Cc1nc2c(C(=O)O)cccc2n1CCCn1ccnc1. The maximum Gasteiger partial charge on any atom is 0.337 e. The van der Waals surface area contributed by atoms with Gasteiger partial charge in [0.2, 0.25) is 0 Å². The number of hydrogen-bond acceptors (Lipinski definition) is 3. The summed E-state index contributed by atoms with van der Waals surface area (Å²) >= 11 is 0. The molecule has 6 nitrogen and oxygen atoms in total. The van der Waals surface area contributed by atoms with Gasteiger partial charge in [-0.15, -0.1) is 0 Å². The van der Waals surface area contributed by atoms with Crippen molar-refractivity contribution in [3.05, 3.63) is 48.3 Å². The maximum absolute atomic E-state index is 11.2. The Labute approximate surface area is 121 Å². The van der Waals surface area contributed by atoms with Crippen molar-refractivity contribution in [1.82, 2.24) is 19.1 Å². The average Bonchev–Trinajstić information content (AvgIpc) is 3.07. The molecule has 0 amide bonds. The Hall–Kier alpha value is -2.63. The summed E-state index contributed by atoms with van der Waals surface area (Å²) in [5.74, 6) is -0.104. The van der Waals surface area contributed by atoms with Crippen molar-refractivity contribution in [3.63, 3.8) is 0 Å². The Kier molecular flexibility index (Phi) is 3.43. The van der Waals surface area contributed by atoms with E-state index in [1.54, 1.807) is 24.7 Å². The van der Waals surface area contributed by atoms with Gasteiger partial charge in [-0.25, -0.2) is 14.8 Å². The molecule has 21 heavy (non-hydrogen) atoms. The first-order chi connectivity index (χ1) is 10.2. The molecule has 0 atom stereocenters. The van der Waals surface area contributed by atoms with Crippen LogP contribution in [0.15, 0.2) is 36.9 Å². The number of fused-ring (bicyclic) bond motifs is 1. The lowest BCUT2D eigenvalue weighted by atomic mass is 10.2. The van der Waals surface area contributed by atoms with Gasteiger partial charge in [0.1, 0.15) is 11.3 Å². The third-order valence-corrected chi connectivity index (χ3v) is 3.56. The summed E-state index contributed by atoms with van der Waals surface area (Å²) in [6.07, 6.45) is 6.42. The number of para-hydroxylation sites is 1. The van der Waals surface area contributed by atoms with E-state index in [9.17, 15) is 9.90 Å². The van der Waals surface area contributed by atoms with Gasteiger partial charge >= 0.3 is 5.97 Å². The van der Waals surface area contributed by atoms with E-state index in [0.717, 1.165) is 30.9 Å². The van der Waals surface area contributed by atoms with Crippen LogP contribution in [-0.2, 0) is 13.1 Å². The molecule has 1 N–H and O–H groups in total. The summed E-state index contributed by atoms with van der Waals surface area (Å²) in [5.41, 5.74) is 1.69. The number of carbonyl (C=O) groups is 1. The number of aryl methyl sites for hydroxylation is 3. The first kappa shape index (κ1) is 13.4. The highest BCUT2D eigenvalue weighted by molar-refractivity contribution is 6.01. The summed E-state index contributed by atoms with van der Waals surface area (Å²) in [6.45, 7) is 3.57. The molecule has 0 saturated carbocycles. The molecule has 0 radical (unpaired) electrons. The van der Waals surface area contributed by atoms with Gasteiger partial charge in [-0.2, -0.15) is 0 Å². The highest BCUT2D eigenvalue weighted by Crippen LogP contribution is 2.20. The van der Waals surface area contributed by atoms with Crippen molar-refractivity contribution in [1.29, 1.82) is 0 Å². The molecule has 108 valence electrons. The van der Waals surface area contributed by atoms with Crippen molar-refractivity contribution in [2.24, 2.45) is 0 Å². The smallest absolute Gasteiger partial charge is 0.337 e. The predicted molar refractivity (Wildman–Crippen MR) is 78.3 cm³/mol. The molecule has 1 aromatic carbocycles. The van der Waals surface area contributed by atoms with Crippen LogP contribution in [0.2, 0.25) is 0 Å². The molecule has 3 rings (SSSR count). The number of aromatic carboxylic acids is 1. The lowest BCUT2D eigenvalue weighted by Gasteiger charge is -2.07. The van der Waals surface area contributed by atoms with E-state index in [2.05, 4.69) is 14.5 Å². The average molecular weight is 284 g/mol. The Balaban J connectivity index is 1.86. The molecule has 0 bridgehead atoms. The molecule has 0 unspecified atom stereocenters. The molecule has 2 heterocycles. The topological polar surface area (TPSA) is 72.9 Å². The molecule has 0 spiro atoms. The first-order valence-corrected chi connectivity index (χ1v) is 6.81. The van der Waals surface area contributed by atoms with Crippen LogP contribution in [-0.4, -0.2) is 30.2 Å². The minimum Gasteiger partial charge on any atom is -0.478 e. The summed E-state index contributed by atoms with van der Waals surface area (Å²) in [5, 5.41) is 9.22. The highest BCUT2D eigenvalue weighted by atomic mass is 16.4. The van der Waals surface area contributed by atoms with Crippen LogP contribution in [0.1, 0.15) is 22.6 Å². The van der Waals surface area contributed by atoms with Crippen LogP contribution in [0.4, 0.5) is 0 Å². The minimum absolute atomic E-state index is 0.254. The highest BCUT2D eigenvalue weighted by Gasteiger charge is 2.14. The molecule has 0 aliphatic carbocycles. The number of aromatic nitrogens is 4. The van der Waals surface area contributed by atoms with E-state index in [0.29, 0.717) is 5.52 Å². The van der Waals surface area contributed by atoms with Crippen LogP contribution in [0, 0.1) is 6.92 Å². The van der Waals surface area contributed by atoms with Gasteiger partial charge in [-0.1, -0.05) is 6.07 Å². The van der Waals surface area contributed by atoms with Crippen molar-refractivity contribution < 1.29 is 9.90 Å². The largest absolute Gasteiger partial charge is 0.478 e. The number of carboxylic acids is 1. The fourth-order valence-electron chi connectivity index (χ4n) is 2.55. The second kappa shape index (κ2) is 5.40. The van der Waals surface area contributed by atoms with Crippen LogP contribution >= 0.6 is 0 Å². The number of benzene rings is 1. The van der Waals surface area contributed by atoms with E-state index in [-0.39, 0.29) is 5.56 Å². The van der Waals surface area contributed by atoms with E-state index in [4.69, 9.17) is 0 Å². The normalized spacial score (nSPS) is 11.1. The third kappa shape index (κ3) is 2.52. The van der Waals surface area contributed by atoms with Gasteiger partial charge in [0.05, 0.1) is 17.4 Å². The fourth-order valence-corrected chi connectivity index (χ4v) is 2.55. The number of nitrogens with zero attached hydrogens (tertiary/aromatic N) is 4. The Morgan fingerprint density at radius 3 is 2.90 bits per heavy atom. The summed E-state index contributed by atoms with van der Waals surface area (Å²) in [4.78, 5) is 19.7. The van der Waals surface area contributed by atoms with Crippen LogP contribution in [0.5, 0.6) is 0 Å². The van der Waals surface area contributed by atoms with Crippen molar-refractivity contribution >= 4 is 17.0 Å². The Morgan fingerprint density at radius 1 is 1.33 bits per heavy atom. The van der Waals surface area contributed by atoms with E-state index in [1.807, 2.05) is 23.8 Å². The molecular formula is C15H16N4O2. The summed E-state index contributed by atoms with van der Waals surface area (Å²) in [6, 6.07) is 5.27. The van der Waals surface area contributed by atoms with Gasteiger partial charge in [0.25, 0.3) is 0 Å². The molecule has 2 aromatic heterocycles. The second-order valence-corrected chi connectivity index (χ2v) is 4.94. The number of imidazole rings is 2. The van der Waals surface area contributed by atoms with E-state index in [1.165, 1.54) is 0 Å². The first-order valence-electron chi connectivity index (χ1n) is 6.81. The molecule has 6 heteroatoms. The van der Waals surface area contributed by atoms with Crippen LogP contribution in [0.3, 0.4) is 0 Å². The van der Waals surface area contributed by atoms with Gasteiger partial charge in [-0.3, -0.25) is 0 Å². The van der Waals surface area contributed by atoms with E-state index < -0.39 is 5.97 Å². The van der Waals surface area contributed by atoms with Gasteiger partial charge in [-0.05, 0) is 25.5 Å². The van der Waals surface area contributed by atoms with Gasteiger partial charge in [0.15, 0.2) is 0 Å². The Morgan fingerprint density at radius 2 is 2.19 bits per heavy atom. The predicted octanol–water partition coefficient (Wildman–Crippen LogP) is 2.33. The van der Waals surface area contributed by atoms with Gasteiger partial charge in [0, 0.05) is 25.5 Å². The third-order valence-electron chi connectivity index (χ3n) is 3.56. The molecule has 0 aliphatic heterocycles. The number of carboxylic acid groups (broad SMARTS) is 1. The van der Waals surface area contributed by atoms with E-state index >= 15 is 0 Å². The zero-order valence-electron chi connectivity index (χ0n) is 11.7. The lowest BCUT2D eigenvalue weighted by Crippen LogP contribution is -2.04. The minimum atomic E-state index is -0.941. The van der Waals surface area contributed by atoms with Crippen molar-refractivity contribution in [2.75, 3.05) is 0 Å². The number of rotatable bonds is 5. The molecule has 0 aliphatic rings. The fraction of sp³-hybridized carbons (Fsp3) is 0.267. The van der Waals surface area contributed by atoms with Crippen molar-refractivity contribution in [3.8, 4) is 0 Å². The standard InChI is InChI=1S/C15H16N4O2/c1-11-17-14-12(15(20)21)4-2-5-13(14)19(11)8-3-7-18-9-6-16-10-18/h2,4-6,9-10H,3,7-8H2,1H3,(H,20,21). The quantitative estimate of drug-likeness (QED) is 0.780. The zero-order valence-corrected chi connectivity index (χ0v) is 11.7. The van der Waals surface area contributed by atoms with Crippen LogP contribution < -0.4 is 0 Å². The second-order valence-electron chi connectivity index (χ2n) is 4.94. The zero-order chi connectivity index (χ0) is 14.8. The molecule has 0 saturated heterocycles. The Bertz CT molecular complexity index is 774. The summed E-state index contributed by atoms with van der Waals surface area (Å²) in [7, 11) is 0. The van der Waals surface area contributed by atoms with Gasteiger partial charge < -0.3 is 14.2 Å². The monoisotopic (exact) mass is 284 g/mol.